The number of rotatable bonds is 6. The van der Waals surface area contributed by atoms with Crippen molar-refractivity contribution in [2.75, 3.05) is 0 Å². The molecule has 0 fully saturated rings. The third kappa shape index (κ3) is 6.39. The van der Waals surface area contributed by atoms with Gasteiger partial charge in [0.1, 0.15) is 0 Å². The van der Waals surface area contributed by atoms with Crippen LogP contribution in [0.1, 0.15) is 57.4 Å². The van der Waals surface area contributed by atoms with Gasteiger partial charge in [-0.2, -0.15) is 0 Å². The molecule has 0 aliphatic carbocycles. The molecule has 0 unspecified atom stereocenters. The fourth-order valence-electron chi connectivity index (χ4n) is 2.26. The fourth-order valence-corrected chi connectivity index (χ4v) is 2.26. The number of hydrogen-bond acceptors (Lipinski definition) is 5. The van der Waals surface area contributed by atoms with Crippen molar-refractivity contribution in [3.8, 4) is 0 Å². The third-order valence-electron chi connectivity index (χ3n) is 3.49. The molecule has 0 aromatic heterocycles. The van der Waals surface area contributed by atoms with E-state index < -0.39 is 51.9 Å². The summed E-state index contributed by atoms with van der Waals surface area (Å²) in [6.45, 7) is 0. The zero-order valence-corrected chi connectivity index (χ0v) is 15.8. The van der Waals surface area contributed by atoms with Gasteiger partial charge < -0.3 is 20.4 Å². The molecule has 0 amide bonds. The number of aromatic carboxylic acids is 4. The van der Waals surface area contributed by atoms with E-state index in [4.69, 9.17) is 20.4 Å². The molecule has 2 aromatic rings. The van der Waals surface area contributed by atoms with Crippen LogP contribution in [0, 0.1) is 0 Å². The van der Waals surface area contributed by atoms with Crippen LogP contribution in [-0.4, -0.2) is 107 Å². The number of carboxylic acids is 4. The summed E-state index contributed by atoms with van der Waals surface area (Å²) in [5, 5.41) is 36.1. The Hall–Kier alpha value is -2.22. The number of ketones is 1. The van der Waals surface area contributed by atoms with Gasteiger partial charge in [0.15, 0.2) is 5.78 Å². The first-order chi connectivity index (χ1) is 12.1. The van der Waals surface area contributed by atoms with Crippen LogP contribution in [0.4, 0.5) is 0 Å². The molecule has 2 aromatic carbocycles. The quantitative estimate of drug-likeness (QED) is 0.414. The Balaban J connectivity index is 0. The van der Waals surface area contributed by atoms with Crippen LogP contribution in [0.25, 0.3) is 0 Å². The molecule has 0 spiro atoms. The van der Waals surface area contributed by atoms with E-state index in [2.05, 4.69) is 0 Å². The summed E-state index contributed by atoms with van der Waals surface area (Å²) in [5.41, 5.74) is -2.62. The van der Waals surface area contributed by atoms with Crippen LogP contribution in [0.3, 0.4) is 0 Å². The summed E-state index contributed by atoms with van der Waals surface area (Å²) >= 11 is 0. The molecule has 12 heteroatoms. The topological polar surface area (TPSA) is 166 Å². The van der Waals surface area contributed by atoms with Crippen molar-refractivity contribution < 1.29 is 44.4 Å². The van der Waals surface area contributed by atoms with Gasteiger partial charge >= 0.3 is 23.9 Å². The number of carbonyl (C=O) groups is 5. The fraction of sp³-hybridized carbons (Fsp3) is 0. The van der Waals surface area contributed by atoms with Crippen LogP contribution in [-0.2, 0) is 0 Å². The number of hydrogen-bond donors (Lipinski definition) is 4. The van der Waals surface area contributed by atoms with Gasteiger partial charge in [0.25, 0.3) is 0 Å². The van der Waals surface area contributed by atoms with E-state index in [0.717, 1.165) is 36.4 Å². The molecule has 0 heterocycles. The number of benzene rings is 2. The van der Waals surface area contributed by atoms with E-state index in [-0.39, 0.29) is 67.7 Å². The normalized spacial score (nSPS) is 9.10. The van der Waals surface area contributed by atoms with Gasteiger partial charge in [-0.3, -0.25) is 4.79 Å². The van der Waals surface area contributed by atoms with Gasteiger partial charge in [-0.05, 0) is 24.3 Å². The molecular weight excluding hydrogens is 369 g/mol. The minimum atomic E-state index is -1.55. The summed E-state index contributed by atoms with van der Waals surface area (Å²) in [6, 6.07) is 5.79. The molecule has 0 aliphatic rings. The van der Waals surface area contributed by atoms with Gasteiger partial charge in [-0.25, -0.2) is 19.2 Å². The first kappa shape index (κ1) is 29.0. The van der Waals surface area contributed by atoms with Crippen LogP contribution >= 0.6 is 0 Å². The molecule has 0 saturated carbocycles. The summed E-state index contributed by atoms with van der Waals surface area (Å²) < 4.78 is 0. The van der Waals surface area contributed by atoms with Crippen LogP contribution in [0.2, 0.25) is 0 Å². The van der Waals surface area contributed by atoms with E-state index >= 15 is 0 Å². The Kier molecular flexibility index (Phi) is 11.7. The molecule has 9 nitrogen and oxygen atoms in total. The second-order valence-corrected chi connectivity index (χ2v) is 5.07. The molecule has 135 valence electrons. The Labute approximate surface area is 199 Å². The maximum Gasteiger partial charge on any atom is 0.336 e. The average Bonchev–Trinajstić information content (AvgIpc) is 2.59. The minimum absolute atomic E-state index is 0. The van der Waals surface area contributed by atoms with Gasteiger partial charge in [0.05, 0.1) is 22.3 Å². The largest absolute Gasteiger partial charge is 0.478 e. The zero-order chi connectivity index (χ0) is 19.6. The summed E-state index contributed by atoms with van der Waals surface area (Å²) in [6.07, 6.45) is 0. The monoisotopic (exact) mass is 379 g/mol. The molecule has 0 aliphatic heterocycles. The van der Waals surface area contributed by atoms with Crippen molar-refractivity contribution in [2.45, 2.75) is 0 Å². The Morgan fingerprint density at radius 3 is 1.00 bits per heavy atom. The average molecular weight is 379 g/mol. The molecule has 29 heavy (non-hydrogen) atoms. The zero-order valence-electron chi connectivity index (χ0n) is 15.8. The molecule has 0 atom stereocenters. The second-order valence-electron chi connectivity index (χ2n) is 5.07. The van der Waals surface area contributed by atoms with Crippen LogP contribution in [0.5, 0.6) is 0 Å². The van der Waals surface area contributed by atoms with Crippen molar-refractivity contribution >= 4 is 86.2 Å². The standard InChI is InChI=1S/C17H10O9.3Li/c18-13(7-1-3-9(14(19)20)11(5-7)16(23)24)8-2-4-10(15(21)22)12(6-8)17(25)26;;;/h1-6H,(H,19,20)(H,21,22)(H,23,24)(H,25,26);;;. The molecular formula is C17H10Li3O9. The molecule has 0 saturated heterocycles. The summed E-state index contributed by atoms with van der Waals surface area (Å²) in [7, 11) is 0. The maximum absolute atomic E-state index is 12.5. The van der Waals surface area contributed by atoms with E-state index in [1.54, 1.807) is 0 Å². The first-order valence-corrected chi connectivity index (χ1v) is 6.89. The third-order valence-corrected chi connectivity index (χ3v) is 3.49. The van der Waals surface area contributed by atoms with Crippen molar-refractivity contribution in [2.24, 2.45) is 0 Å². The van der Waals surface area contributed by atoms with E-state index in [0.29, 0.717) is 0 Å². The second kappa shape index (κ2) is 11.7. The Morgan fingerprint density at radius 1 is 0.483 bits per heavy atom. The SMILES string of the molecule is O=C(c1ccc(C(=O)O)c(C(=O)O)c1)c1ccc(C(=O)O)c(C(=O)O)c1.[Li].[Li].[Li]. The van der Waals surface area contributed by atoms with E-state index in [1.165, 1.54) is 0 Å². The molecule has 3 radical (unpaired) electrons. The number of carbonyl (C=O) groups excluding carboxylic acids is 1. The van der Waals surface area contributed by atoms with Gasteiger partial charge in [0, 0.05) is 67.7 Å². The maximum atomic E-state index is 12.5. The van der Waals surface area contributed by atoms with Crippen molar-refractivity contribution in [3.05, 3.63) is 69.8 Å². The van der Waals surface area contributed by atoms with Crippen LogP contribution < -0.4 is 0 Å². The Morgan fingerprint density at radius 2 is 0.759 bits per heavy atom. The summed E-state index contributed by atoms with van der Waals surface area (Å²) in [4.78, 5) is 56.9. The van der Waals surface area contributed by atoms with E-state index in [9.17, 15) is 24.0 Å². The molecule has 0 bridgehead atoms. The van der Waals surface area contributed by atoms with Gasteiger partial charge in [-0.15, -0.1) is 0 Å². The van der Waals surface area contributed by atoms with Crippen molar-refractivity contribution in [1.82, 2.24) is 0 Å². The first-order valence-electron chi connectivity index (χ1n) is 6.89. The van der Waals surface area contributed by atoms with Crippen molar-refractivity contribution in [3.63, 3.8) is 0 Å². The predicted octanol–water partition coefficient (Wildman–Crippen LogP) is 0.568. The smallest absolute Gasteiger partial charge is 0.336 e. The van der Waals surface area contributed by atoms with Crippen molar-refractivity contribution in [1.29, 1.82) is 0 Å². The van der Waals surface area contributed by atoms with Crippen LogP contribution in [0.15, 0.2) is 36.4 Å². The van der Waals surface area contributed by atoms with E-state index in [1.807, 2.05) is 0 Å². The molecule has 4 N–H and O–H groups in total. The number of carboxylic acid groups (broad SMARTS) is 4. The summed E-state index contributed by atoms with van der Waals surface area (Å²) in [5.74, 6) is -6.86. The van der Waals surface area contributed by atoms with Gasteiger partial charge in [-0.1, -0.05) is 12.1 Å². The predicted molar refractivity (Wildman–Crippen MR) is 101 cm³/mol. The minimum Gasteiger partial charge on any atom is -0.478 e. The van der Waals surface area contributed by atoms with Gasteiger partial charge in [0.2, 0.25) is 0 Å². The molecule has 2 rings (SSSR count). The Bertz CT molecular complexity index is 909.